The average Bonchev–Trinajstić information content (AvgIpc) is 1.88. The Hall–Kier alpha value is 0.530. The molecular formula is C4H13IN4O. The molecule has 0 aliphatic rings. The molecule has 62 valence electrons. The second-order valence-corrected chi connectivity index (χ2v) is 3.33. The third kappa shape index (κ3) is 5.33. The van der Waals surface area contributed by atoms with E-state index in [1.165, 1.54) is 0 Å². The zero-order valence-electron chi connectivity index (χ0n) is 5.92. The second kappa shape index (κ2) is 6.25. The van der Waals surface area contributed by atoms with Gasteiger partial charge in [0.2, 0.25) is 0 Å². The first-order valence-corrected chi connectivity index (χ1v) is 3.80. The predicted octanol–water partition coefficient (Wildman–Crippen LogP) is -1.10. The van der Waals surface area contributed by atoms with E-state index in [1.54, 1.807) is 4.90 Å². The molecule has 0 rings (SSSR count). The van der Waals surface area contributed by atoms with Crippen LogP contribution in [0.15, 0.2) is 0 Å². The van der Waals surface area contributed by atoms with Crippen molar-refractivity contribution in [2.45, 2.75) is 0 Å². The highest BCUT2D eigenvalue weighted by Crippen LogP contribution is 1.95. The molecule has 0 atom stereocenters. The smallest absolute Gasteiger partial charge is 0.0964 e. The van der Waals surface area contributed by atoms with Gasteiger partial charge in [-0.2, -0.15) is 0 Å². The van der Waals surface area contributed by atoms with Crippen LogP contribution in [0.3, 0.4) is 0 Å². The van der Waals surface area contributed by atoms with Gasteiger partial charge >= 0.3 is 0 Å². The van der Waals surface area contributed by atoms with Crippen molar-refractivity contribution in [3.63, 3.8) is 0 Å². The first-order chi connectivity index (χ1) is 4.70. The highest BCUT2D eigenvalue weighted by molar-refractivity contribution is 14.1. The SMILES string of the molecule is CN(CO)CN(I)CNN. The third-order valence-corrected chi connectivity index (χ3v) is 1.55. The standard InChI is InChI=1S/C4H13IN4O/c1-8(4-10)3-9(5)2-7-6/h7,10H,2-4,6H2,1H3. The Balaban J connectivity index is 3.27. The number of hydrogen-bond acceptors (Lipinski definition) is 5. The number of aliphatic hydroxyl groups excluding tert-OH is 1. The Bertz CT molecular complexity index is 83.7. The quantitative estimate of drug-likeness (QED) is 0.192. The predicted molar refractivity (Wildman–Crippen MR) is 47.8 cm³/mol. The van der Waals surface area contributed by atoms with Crippen molar-refractivity contribution in [1.29, 1.82) is 0 Å². The van der Waals surface area contributed by atoms with Gasteiger partial charge in [0.25, 0.3) is 0 Å². The van der Waals surface area contributed by atoms with Crippen molar-refractivity contribution < 1.29 is 5.11 Å². The lowest BCUT2D eigenvalue weighted by atomic mass is 10.8. The fourth-order valence-electron chi connectivity index (χ4n) is 0.456. The van der Waals surface area contributed by atoms with E-state index in [9.17, 15) is 0 Å². The molecule has 0 unspecified atom stereocenters. The van der Waals surface area contributed by atoms with Crippen molar-refractivity contribution in [2.75, 3.05) is 27.1 Å². The number of nitrogens with one attached hydrogen (secondary N) is 1. The minimum Gasteiger partial charge on any atom is -0.381 e. The number of aliphatic hydroxyl groups is 1. The van der Waals surface area contributed by atoms with Crippen LogP contribution < -0.4 is 11.3 Å². The first kappa shape index (κ1) is 10.5. The Kier molecular flexibility index (Phi) is 6.59. The highest BCUT2D eigenvalue weighted by Gasteiger charge is 2.00. The molecule has 0 spiro atoms. The molecule has 0 aromatic rings. The van der Waals surface area contributed by atoms with Crippen molar-refractivity contribution in [3.05, 3.63) is 0 Å². The summed E-state index contributed by atoms with van der Waals surface area (Å²) in [5.74, 6) is 5.07. The van der Waals surface area contributed by atoms with Crippen LogP contribution in [0.5, 0.6) is 0 Å². The first-order valence-electron chi connectivity index (χ1n) is 2.84. The molecule has 0 aliphatic carbocycles. The van der Waals surface area contributed by atoms with Gasteiger partial charge in [-0.3, -0.25) is 10.7 Å². The Morgan fingerprint density at radius 2 is 2.30 bits per heavy atom. The maximum absolute atomic E-state index is 8.60. The van der Waals surface area contributed by atoms with Crippen molar-refractivity contribution in [1.82, 2.24) is 13.4 Å². The van der Waals surface area contributed by atoms with Gasteiger partial charge in [0, 0.05) is 22.9 Å². The lowest BCUT2D eigenvalue weighted by molar-refractivity contribution is 0.107. The van der Waals surface area contributed by atoms with Gasteiger partial charge in [-0.1, -0.05) is 0 Å². The summed E-state index contributed by atoms with van der Waals surface area (Å²) >= 11 is 2.12. The summed E-state index contributed by atoms with van der Waals surface area (Å²) < 4.78 is 1.91. The molecule has 0 aliphatic heterocycles. The van der Waals surface area contributed by atoms with Gasteiger partial charge in [0.05, 0.1) is 20.1 Å². The van der Waals surface area contributed by atoms with E-state index >= 15 is 0 Å². The fourth-order valence-corrected chi connectivity index (χ4v) is 1.17. The van der Waals surface area contributed by atoms with Gasteiger partial charge in [-0.15, -0.1) is 0 Å². The van der Waals surface area contributed by atoms with Gasteiger partial charge in [-0.05, 0) is 7.05 Å². The maximum atomic E-state index is 8.60. The Morgan fingerprint density at radius 3 is 2.70 bits per heavy atom. The fraction of sp³-hybridized carbons (Fsp3) is 1.00. The number of nitrogens with two attached hydrogens (primary N) is 1. The van der Waals surface area contributed by atoms with Gasteiger partial charge in [0.15, 0.2) is 0 Å². The van der Waals surface area contributed by atoms with Gasteiger partial charge in [0.1, 0.15) is 0 Å². The minimum absolute atomic E-state index is 0.0596. The van der Waals surface area contributed by atoms with Crippen molar-refractivity contribution in [3.8, 4) is 0 Å². The molecule has 0 saturated carbocycles. The lowest BCUT2D eigenvalue weighted by Gasteiger charge is -2.19. The molecule has 0 heterocycles. The van der Waals surface area contributed by atoms with Crippen LogP contribution in [0.1, 0.15) is 0 Å². The van der Waals surface area contributed by atoms with Crippen molar-refractivity contribution in [2.24, 2.45) is 5.84 Å². The molecule has 10 heavy (non-hydrogen) atoms. The van der Waals surface area contributed by atoms with Gasteiger partial charge in [-0.25, -0.2) is 8.54 Å². The molecule has 0 amide bonds. The number of halogens is 1. The van der Waals surface area contributed by atoms with Crippen LogP contribution in [-0.2, 0) is 0 Å². The number of rotatable bonds is 5. The summed E-state index contributed by atoms with van der Waals surface area (Å²) in [6.07, 6.45) is 0. The second-order valence-electron chi connectivity index (χ2n) is 1.96. The van der Waals surface area contributed by atoms with Crippen molar-refractivity contribution >= 4 is 22.9 Å². The molecule has 0 aromatic carbocycles. The molecule has 0 aromatic heterocycles. The Morgan fingerprint density at radius 1 is 1.70 bits per heavy atom. The van der Waals surface area contributed by atoms with Crippen LogP contribution in [0, 0.1) is 0 Å². The number of hydrazine groups is 1. The minimum atomic E-state index is 0.0596. The van der Waals surface area contributed by atoms with E-state index < -0.39 is 0 Å². The topological polar surface area (TPSA) is 64.8 Å². The highest BCUT2D eigenvalue weighted by atomic mass is 127. The van der Waals surface area contributed by atoms with Crippen LogP contribution >= 0.6 is 22.9 Å². The normalized spacial score (nSPS) is 11.4. The Labute approximate surface area is 74.6 Å². The largest absolute Gasteiger partial charge is 0.381 e. The molecule has 0 fully saturated rings. The molecule has 0 bridgehead atoms. The molecule has 5 nitrogen and oxygen atoms in total. The summed E-state index contributed by atoms with van der Waals surface area (Å²) in [4.78, 5) is 1.75. The molecule has 4 N–H and O–H groups in total. The summed E-state index contributed by atoms with van der Waals surface area (Å²) in [5, 5.41) is 8.60. The summed E-state index contributed by atoms with van der Waals surface area (Å²) in [6, 6.07) is 0. The van der Waals surface area contributed by atoms with Crippen LogP contribution in [0.4, 0.5) is 0 Å². The zero-order valence-corrected chi connectivity index (χ0v) is 8.08. The molecule has 0 radical (unpaired) electrons. The van der Waals surface area contributed by atoms with Gasteiger partial charge < -0.3 is 5.11 Å². The maximum Gasteiger partial charge on any atom is 0.0964 e. The average molecular weight is 260 g/mol. The lowest BCUT2D eigenvalue weighted by Crippen LogP contribution is -2.38. The van der Waals surface area contributed by atoms with E-state index in [0.29, 0.717) is 13.3 Å². The molecule has 0 saturated heterocycles. The monoisotopic (exact) mass is 260 g/mol. The summed E-state index contributed by atoms with van der Waals surface area (Å²) in [6.45, 7) is 1.34. The van der Waals surface area contributed by atoms with Crippen LogP contribution in [0.25, 0.3) is 0 Å². The summed E-state index contributed by atoms with van der Waals surface area (Å²) in [5.41, 5.74) is 2.51. The zero-order chi connectivity index (χ0) is 7.98. The van der Waals surface area contributed by atoms with E-state index in [1.807, 2.05) is 10.2 Å². The van der Waals surface area contributed by atoms with Crippen LogP contribution in [-0.4, -0.2) is 40.2 Å². The molecular weight excluding hydrogens is 247 g/mol. The van der Waals surface area contributed by atoms with E-state index in [4.69, 9.17) is 10.9 Å². The number of hydrogen-bond donors (Lipinski definition) is 3. The third-order valence-electron chi connectivity index (χ3n) is 0.899. The summed E-state index contributed by atoms with van der Waals surface area (Å²) in [7, 11) is 1.82. The number of nitrogens with zero attached hydrogens (tertiary/aromatic N) is 2. The van der Waals surface area contributed by atoms with E-state index in [2.05, 4.69) is 28.3 Å². The molecule has 6 heteroatoms. The van der Waals surface area contributed by atoms with E-state index in [-0.39, 0.29) is 6.73 Å². The van der Waals surface area contributed by atoms with E-state index in [0.717, 1.165) is 0 Å². The van der Waals surface area contributed by atoms with Crippen LogP contribution in [0.2, 0.25) is 0 Å².